The van der Waals surface area contributed by atoms with Crippen molar-refractivity contribution in [3.63, 3.8) is 0 Å². The Morgan fingerprint density at radius 3 is 2.89 bits per heavy atom. The van der Waals surface area contributed by atoms with Gasteiger partial charge >= 0.3 is 5.97 Å². The van der Waals surface area contributed by atoms with Crippen molar-refractivity contribution in [1.82, 2.24) is 4.72 Å². The first-order valence-electron chi connectivity index (χ1n) is 5.39. The number of sulfonamides is 1. The fourth-order valence-corrected chi connectivity index (χ4v) is 3.95. The predicted octanol–water partition coefficient (Wildman–Crippen LogP) is 1.01. The Labute approximate surface area is 109 Å². The van der Waals surface area contributed by atoms with E-state index in [0.717, 1.165) is 30.1 Å². The fraction of sp³-hybridized carbons (Fsp3) is 0.500. The van der Waals surface area contributed by atoms with E-state index in [0.29, 0.717) is 12.5 Å². The lowest BCUT2D eigenvalue weighted by molar-refractivity contribution is 0.0656. The zero-order valence-electron chi connectivity index (χ0n) is 9.46. The minimum Gasteiger partial charge on any atom is -0.475 e. The predicted molar refractivity (Wildman–Crippen MR) is 66.3 cm³/mol. The Hall–Kier alpha value is -0.990. The highest BCUT2D eigenvalue weighted by Crippen LogP contribution is 2.23. The quantitative estimate of drug-likeness (QED) is 0.840. The summed E-state index contributed by atoms with van der Waals surface area (Å²) in [5.41, 5.74) is 0. The van der Waals surface area contributed by atoms with Gasteiger partial charge in [0.2, 0.25) is 10.9 Å². The van der Waals surface area contributed by atoms with Crippen molar-refractivity contribution >= 4 is 27.8 Å². The maximum atomic E-state index is 11.8. The average molecular weight is 291 g/mol. The molecular weight excluding hydrogens is 278 g/mol. The van der Waals surface area contributed by atoms with E-state index in [2.05, 4.69) is 4.72 Å². The van der Waals surface area contributed by atoms with Gasteiger partial charge in [-0.3, -0.25) is 0 Å². The van der Waals surface area contributed by atoms with Gasteiger partial charge in [-0.1, -0.05) is 0 Å². The number of thioether (sulfide) groups is 1. The first-order chi connectivity index (χ1) is 8.49. The highest BCUT2D eigenvalue weighted by atomic mass is 32.2. The van der Waals surface area contributed by atoms with Crippen molar-refractivity contribution in [2.45, 2.75) is 11.5 Å². The number of rotatable bonds is 5. The van der Waals surface area contributed by atoms with E-state index in [1.807, 2.05) is 0 Å². The van der Waals surface area contributed by atoms with E-state index in [9.17, 15) is 13.2 Å². The van der Waals surface area contributed by atoms with E-state index < -0.39 is 16.0 Å². The molecule has 1 fully saturated rings. The summed E-state index contributed by atoms with van der Waals surface area (Å²) in [6, 6.07) is 2.28. The Morgan fingerprint density at radius 2 is 2.33 bits per heavy atom. The molecule has 18 heavy (non-hydrogen) atoms. The third-order valence-electron chi connectivity index (χ3n) is 2.64. The van der Waals surface area contributed by atoms with Gasteiger partial charge in [0.05, 0.1) is 0 Å². The molecular formula is C10H13NO5S2. The highest BCUT2D eigenvalue weighted by Gasteiger charge is 2.23. The molecule has 0 amide bonds. The molecule has 2 heterocycles. The van der Waals surface area contributed by atoms with E-state index in [4.69, 9.17) is 9.52 Å². The van der Waals surface area contributed by atoms with Crippen LogP contribution in [0.5, 0.6) is 0 Å². The fourth-order valence-electron chi connectivity index (χ4n) is 1.62. The van der Waals surface area contributed by atoms with Crippen molar-refractivity contribution in [2.24, 2.45) is 5.92 Å². The zero-order valence-corrected chi connectivity index (χ0v) is 11.1. The molecule has 0 spiro atoms. The smallest absolute Gasteiger partial charge is 0.371 e. The second-order valence-electron chi connectivity index (χ2n) is 4.01. The Morgan fingerprint density at radius 1 is 1.56 bits per heavy atom. The number of nitrogens with one attached hydrogen (secondary N) is 1. The molecule has 1 unspecified atom stereocenters. The van der Waals surface area contributed by atoms with Crippen LogP contribution in [0.15, 0.2) is 21.6 Å². The molecule has 100 valence electrons. The minimum atomic E-state index is -3.75. The molecule has 1 atom stereocenters. The number of hydrogen-bond acceptors (Lipinski definition) is 5. The zero-order chi connectivity index (χ0) is 13.2. The summed E-state index contributed by atoms with van der Waals surface area (Å²) in [6.45, 7) is 0.360. The van der Waals surface area contributed by atoms with Crippen LogP contribution in [-0.4, -0.2) is 37.5 Å². The normalized spacial score (nSPS) is 20.1. The SMILES string of the molecule is O=C(O)c1ccc(S(=O)(=O)NCC2CCSC2)o1. The van der Waals surface area contributed by atoms with E-state index >= 15 is 0 Å². The summed E-state index contributed by atoms with van der Waals surface area (Å²) in [4.78, 5) is 10.6. The van der Waals surface area contributed by atoms with Gasteiger partial charge in [-0.15, -0.1) is 0 Å². The number of carboxylic acids is 1. The molecule has 2 N–H and O–H groups in total. The Kier molecular flexibility index (Phi) is 3.98. The number of hydrogen-bond donors (Lipinski definition) is 2. The van der Waals surface area contributed by atoms with E-state index in [1.54, 1.807) is 11.8 Å². The summed E-state index contributed by atoms with van der Waals surface area (Å²) in [6.07, 6.45) is 0.992. The van der Waals surface area contributed by atoms with Crippen molar-refractivity contribution < 1.29 is 22.7 Å². The molecule has 1 aliphatic heterocycles. The van der Waals surface area contributed by atoms with E-state index in [1.165, 1.54) is 0 Å². The Bertz CT molecular complexity index is 530. The first kappa shape index (κ1) is 13.4. The molecule has 0 aliphatic carbocycles. The van der Waals surface area contributed by atoms with Crippen LogP contribution >= 0.6 is 11.8 Å². The average Bonchev–Trinajstić information content (AvgIpc) is 2.98. The molecule has 1 aliphatic rings. The molecule has 0 radical (unpaired) electrons. The van der Waals surface area contributed by atoms with Gasteiger partial charge in [0, 0.05) is 6.54 Å². The van der Waals surface area contributed by atoms with Crippen LogP contribution in [0.3, 0.4) is 0 Å². The molecule has 1 saturated heterocycles. The second-order valence-corrected chi connectivity index (χ2v) is 6.85. The lowest BCUT2D eigenvalue weighted by atomic mass is 10.1. The van der Waals surface area contributed by atoms with Crippen LogP contribution in [0.4, 0.5) is 0 Å². The minimum absolute atomic E-state index is 0.332. The first-order valence-corrected chi connectivity index (χ1v) is 8.03. The standard InChI is InChI=1S/C10H13NO5S2/c12-10(13)8-1-2-9(16-8)18(14,15)11-5-7-3-4-17-6-7/h1-2,7,11H,3-6H2,(H,12,13). The van der Waals surface area contributed by atoms with Crippen LogP contribution in [0.25, 0.3) is 0 Å². The van der Waals surface area contributed by atoms with Crippen LogP contribution < -0.4 is 4.72 Å². The largest absolute Gasteiger partial charge is 0.475 e. The second kappa shape index (κ2) is 5.33. The molecule has 1 aromatic rings. The molecule has 6 nitrogen and oxygen atoms in total. The van der Waals surface area contributed by atoms with Crippen molar-refractivity contribution in [2.75, 3.05) is 18.1 Å². The van der Waals surface area contributed by atoms with Crippen LogP contribution in [0, 0.1) is 5.92 Å². The molecule has 8 heteroatoms. The Balaban J connectivity index is 2.02. The molecule has 0 bridgehead atoms. The van der Waals surface area contributed by atoms with Gasteiger partial charge in [0.15, 0.2) is 0 Å². The maximum Gasteiger partial charge on any atom is 0.371 e. The summed E-state index contributed by atoms with van der Waals surface area (Å²) >= 11 is 1.80. The third-order valence-corrected chi connectivity index (χ3v) is 5.17. The molecule has 1 aromatic heterocycles. The van der Waals surface area contributed by atoms with Gasteiger partial charge in [-0.2, -0.15) is 11.8 Å². The topological polar surface area (TPSA) is 96.6 Å². The number of furan rings is 1. The highest BCUT2D eigenvalue weighted by molar-refractivity contribution is 7.99. The van der Waals surface area contributed by atoms with Gasteiger partial charge in [0.1, 0.15) is 0 Å². The number of carbonyl (C=O) groups is 1. The van der Waals surface area contributed by atoms with Gasteiger partial charge < -0.3 is 9.52 Å². The molecule has 0 aromatic carbocycles. The van der Waals surface area contributed by atoms with Crippen LogP contribution in [0.1, 0.15) is 17.0 Å². The monoisotopic (exact) mass is 291 g/mol. The number of carboxylic acid groups (broad SMARTS) is 1. The maximum absolute atomic E-state index is 11.8. The van der Waals surface area contributed by atoms with Gasteiger partial charge in [-0.25, -0.2) is 17.9 Å². The summed E-state index contributed by atoms with van der Waals surface area (Å²) in [7, 11) is -3.75. The van der Waals surface area contributed by atoms with Gasteiger partial charge in [-0.05, 0) is 36.0 Å². The molecule has 2 rings (SSSR count). The third kappa shape index (κ3) is 3.06. The van der Waals surface area contributed by atoms with Crippen molar-refractivity contribution in [1.29, 1.82) is 0 Å². The van der Waals surface area contributed by atoms with Crippen molar-refractivity contribution in [3.05, 3.63) is 17.9 Å². The summed E-state index contributed by atoms with van der Waals surface area (Å²) in [5, 5.41) is 8.30. The van der Waals surface area contributed by atoms with Crippen LogP contribution in [-0.2, 0) is 10.0 Å². The summed E-state index contributed by atoms with van der Waals surface area (Å²) in [5.74, 6) is 0.659. The number of aromatic carboxylic acids is 1. The lowest BCUT2D eigenvalue weighted by Crippen LogP contribution is -2.29. The van der Waals surface area contributed by atoms with Crippen LogP contribution in [0.2, 0.25) is 0 Å². The van der Waals surface area contributed by atoms with Crippen molar-refractivity contribution in [3.8, 4) is 0 Å². The molecule has 0 saturated carbocycles. The lowest BCUT2D eigenvalue weighted by Gasteiger charge is -2.08. The summed E-state index contributed by atoms with van der Waals surface area (Å²) < 4.78 is 30.9. The van der Waals surface area contributed by atoms with Gasteiger partial charge in [0.25, 0.3) is 10.0 Å². The van der Waals surface area contributed by atoms with E-state index in [-0.39, 0.29) is 10.9 Å².